The molecule has 2 N–H and O–H groups in total. The van der Waals surface area contributed by atoms with Crippen LogP contribution in [0.1, 0.15) is 38.5 Å². The summed E-state index contributed by atoms with van der Waals surface area (Å²) in [5.41, 5.74) is -0.687. The first kappa shape index (κ1) is 14.8. The SMILES string of the molecule is O=C(O)C1(NC2CC2)CCCC1CCSc1ccncn1. The quantitative estimate of drug-likeness (QED) is 0.595. The summed E-state index contributed by atoms with van der Waals surface area (Å²) in [6.07, 6.45) is 9.23. The molecule has 2 aliphatic rings. The fourth-order valence-electron chi connectivity index (χ4n) is 3.26. The topological polar surface area (TPSA) is 75.1 Å². The van der Waals surface area contributed by atoms with Gasteiger partial charge in [-0.1, -0.05) is 6.42 Å². The monoisotopic (exact) mass is 307 g/mol. The summed E-state index contributed by atoms with van der Waals surface area (Å²) in [5, 5.41) is 14.1. The van der Waals surface area contributed by atoms with Crippen LogP contribution in [-0.4, -0.2) is 38.4 Å². The number of rotatable bonds is 7. The Labute approximate surface area is 129 Å². The lowest BCUT2D eigenvalue weighted by Gasteiger charge is -2.32. The molecule has 2 atom stereocenters. The van der Waals surface area contributed by atoms with Crippen LogP contribution in [0.4, 0.5) is 0 Å². The van der Waals surface area contributed by atoms with Crippen LogP contribution in [0.5, 0.6) is 0 Å². The van der Waals surface area contributed by atoms with Crippen LogP contribution in [-0.2, 0) is 4.79 Å². The molecule has 0 radical (unpaired) electrons. The minimum Gasteiger partial charge on any atom is -0.480 e. The Morgan fingerprint density at radius 2 is 2.33 bits per heavy atom. The Hall–Kier alpha value is -1.14. The molecule has 0 saturated heterocycles. The largest absolute Gasteiger partial charge is 0.480 e. The van der Waals surface area contributed by atoms with Crippen molar-refractivity contribution in [2.75, 3.05) is 5.75 Å². The molecule has 2 aliphatic carbocycles. The number of nitrogens with zero attached hydrogens (tertiary/aromatic N) is 2. The maximum atomic E-state index is 11.8. The van der Waals surface area contributed by atoms with Gasteiger partial charge in [0.25, 0.3) is 0 Å². The van der Waals surface area contributed by atoms with Gasteiger partial charge in [0.15, 0.2) is 0 Å². The van der Waals surface area contributed by atoms with Crippen molar-refractivity contribution in [1.29, 1.82) is 0 Å². The Balaban J connectivity index is 1.58. The van der Waals surface area contributed by atoms with E-state index in [1.54, 1.807) is 24.3 Å². The Bertz CT molecular complexity index is 495. The highest BCUT2D eigenvalue weighted by molar-refractivity contribution is 7.99. The van der Waals surface area contributed by atoms with Crippen molar-refractivity contribution in [1.82, 2.24) is 15.3 Å². The van der Waals surface area contributed by atoms with E-state index < -0.39 is 11.5 Å². The second-order valence-corrected chi connectivity index (χ2v) is 7.08. The van der Waals surface area contributed by atoms with Gasteiger partial charge < -0.3 is 5.11 Å². The molecule has 6 heteroatoms. The van der Waals surface area contributed by atoms with E-state index in [9.17, 15) is 9.90 Å². The minimum absolute atomic E-state index is 0.227. The smallest absolute Gasteiger partial charge is 0.324 e. The van der Waals surface area contributed by atoms with E-state index in [1.165, 1.54) is 0 Å². The predicted molar refractivity (Wildman–Crippen MR) is 81.2 cm³/mol. The molecule has 0 spiro atoms. The first-order chi connectivity index (χ1) is 10.2. The number of hydrogen-bond acceptors (Lipinski definition) is 5. The van der Waals surface area contributed by atoms with Gasteiger partial charge >= 0.3 is 5.97 Å². The summed E-state index contributed by atoms with van der Waals surface area (Å²) in [6.45, 7) is 0. The minimum atomic E-state index is -0.687. The molecule has 21 heavy (non-hydrogen) atoms. The van der Waals surface area contributed by atoms with Crippen LogP contribution in [0.25, 0.3) is 0 Å². The van der Waals surface area contributed by atoms with E-state index in [0.29, 0.717) is 6.04 Å². The van der Waals surface area contributed by atoms with Gasteiger partial charge in [0.1, 0.15) is 11.9 Å². The van der Waals surface area contributed by atoms with Gasteiger partial charge in [-0.15, -0.1) is 11.8 Å². The highest BCUT2D eigenvalue weighted by Gasteiger charge is 2.50. The van der Waals surface area contributed by atoms with Crippen LogP contribution in [0, 0.1) is 5.92 Å². The van der Waals surface area contributed by atoms with Crippen LogP contribution < -0.4 is 5.32 Å². The van der Waals surface area contributed by atoms with E-state index in [1.807, 2.05) is 6.07 Å². The van der Waals surface area contributed by atoms with Gasteiger partial charge in [-0.3, -0.25) is 10.1 Å². The molecule has 2 unspecified atom stereocenters. The third kappa shape index (κ3) is 3.37. The fourth-order valence-corrected chi connectivity index (χ4v) is 4.15. The van der Waals surface area contributed by atoms with Crippen molar-refractivity contribution in [3.8, 4) is 0 Å². The Kier molecular flexibility index (Phi) is 4.45. The van der Waals surface area contributed by atoms with Crippen LogP contribution in [0.3, 0.4) is 0 Å². The van der Waals surface area contributed by atoms with Crippen molar-refractivity contribution in [2.45, 2.75) is 55.1 Å². The zero-order valence-corrected chi connectivity index (χ0v) is 12.8. The third-order valence-corrected chi connectivity index (χ3v) is 5.49. The second kappa shape index (κ2) is 6.32. The van der Waals surface area contributed by atoms with Gasteiger partial charge in [-0.2, -0.15) is 0 Å². The highest BCUT2D eigenvalue weighted by Crippen LogP contribution is 2.41. The van der Waals surface area contributed by atoms with Crippen molar-refractivity contribution >= 4 is 17.7 Å². The molecule has 2 fully saturated rings. The predicted octanol–water partition coefficient (Wildman–Crippen LogP) is 2.33. The molecule has 0 aliphatic heterocycles. The van der Waals surface area contributed by atoms with Crippen LogP contribution >= 0.6 is 11.8 Å². The first-order valence-corrected chi connectivity index (χ1v) is 8.59. The summed E-state index contributed by atoms with van der Waals surface area (Å²) in [6, 6.07) is 2.32. The summed E-state index contributed by atoms with van der Waals surface area (Å²) < 4.78 is 0. The van der Waals surface area contributed by atoms with Gasteiger partial charge in [0, 0.05) is 12.2 Å². The third-order valence-electron chi connectivity index (χ3n) is 4.51. The molecule has 0 aromatic carbocycles. The maximum Gasteiger partial charge on any atom is 0.324 e. The number of hydrogen-bond donors (Lipinski definition) is 2. The molecule has 1 aromatic rings. The molecule has 114 valence electrons. The number of carboxylic acid groups (broad SMARTS) is 1. The van der Waals surface area contributed by atoms with Gasteiger partial charge in [0.2, 0.25) is 0 Å². The molecule has 0 amide bonds. The van der Waals surface area contributed by atoms with E-state index >= 15 is 0 Å². The molecular weight excluding hydrogens is 286 g/mol. The number of aromatic nitrogens is 2. The van der Waals surface area contributed by atoms with Gasteiger partial charge in [-0.05, 0) is 49.8 Å². The Morgan fingerprint density at radius 3 is 3.00 bits per heavy atom. The average Bonchev–Trinajstić information content (AvgIpc) is 3.20. The first-order valence-electron chi connectivity index (χ1n) is 7.60. The van der Waals surface area contributed by atoms with Crippen LogP contribution in [0.15, 0.2) is 23.6 Å². The maximum absolute atomic E-state index is 11.8. The molecule has 1 aromatic heterocycles. The van der Waals surface area contributed by atoms with Gasteiger partial charge in [-0.25, -0.2) is 9.97 Å². The summed E-state index contributed by atoms with van der Waals surface area (Å²) in [5.74, 6) is 0.470. The van der Waals surface area contributed by atoms with Crippen molar-refractivity contribution in [3.05, 3.63) is 18.6 Å². The standard InChI is InChI=1S/C15H21N3O2S/c19-14(20)15(18-12-3-4-12)7-1-2-11(15)6-9-21-13-5-8-16-10-17-13/h5,8,10-12,18H,1-4,6-7,9H2,(H,19,20). The fraction of sp³-hybridized carbons (Fsp3) is 0.667. The lowest BCUT2D eigenvalue weighted by Crippen LogP contribution is -2.55. The van der Waals surface area contributed by atoms with Gasteiger partial charge in [0.05, 0.1) is 5.03 Å². The van der Waals surface area contributed by atoms with E-state index in [2.05, 4.69) is 15.3 Å². The molecule has 0 bridgehead atoms. The number of thioether (sulfide) groups is 1. The number of aliphatic carboxylic acids is 1. The van der Waals surface area contributed by atoms with E-state index in [4.69, 9.17) is 0 Å². The molecule has 1 heterocycles. The van der Waals surface area contributed by atoms with E-state index in [0.717, 1.165) is 49.3 Å². The Morgan fingerprint density at radius 1 is 1.48 bits per heavy atom. The molecular formula is C15H21N3O2S. The zero-order valence-electron chi connectivity index (χ0n) is 12.0. The normalized spacial score (nSPS) is 28.7. The van der Waals surface area contributed by atoms with Crippen molar-refractivity contribution in [3.63, 3.8) is 0 Å². The summed E-state index contributed by atoms with van der Waals surface area (Å²) in [7, 11) is 0. The summed E-state index contributed by atoms with van der Waals surface area (Å²) in [4.78, 5) is 19.9. The lowest BCUT2D eigenvalue weighted by atomic mass is 9.85. The number of carbonyl (C=O) groups is 1. The molecule has 2 saturated carbocycles. The molecule has 3 rings (SSSR count). The zero-order chi connectivity index (χ0) is 14.7. The van der Waals surface area contributed by atoms with E-state index in [-0.39, 0.29) is 5.92 Å². The number of carboxylic acids is 1. The van der Waals surface area contributed by atoms with Crippen molar-refractivity contribution in [2.24, 2.45) is 5.92 Å². The second-order valence-electron chi connectivity index (χ2n) is 5.97. The lowest BCUT2D eigenvalue weighted by molar-refractivity contribution is -0.146. The van der Waals surface area contributed by atoms with Crippen molar-refractivity contribution < 1.29 is 9.90 Å². The highest BCUT2D eigenvalue weighted by atomic mass is 32.2. The number of nitrogens with one attached hydrogen (secondary N) is 1. The average molecular weight is 307 g/mol. The van der Waals surface area contributed by atoms with Crippen LogP contribution in [0.2, 0.25) is 0 Å². The molecule has 5 nitrogen and oxygen atoms in total. The summed E-state index contributed by atoms with van der Waals surface area (Å²) >= 11 is 1.68.